The van der Waals surface area contributed by atoms with Gasteiger partial charge in [-0.3, -0.25) is 9.59 Å². The van der Waals surface area contributed by atoms with Crippen LogP contribution in [0.25, 0.3) is 0 Å². The minimum absolute atomic E-state index is 0.0755. The summed E-state index contributed by atoms with van der Waals surface area (Å²) in [7, 11) is 1.40. The molecule has 2 aromatic rings. The number of anilines is 1. The van der Waals surface area contributed by atoms with Gasteiger partial charge in [0.1, 0.15) is 5.69 Å². The Labute approximate surface area is 220 Å². The summed E-state index contributed by atoms with van der Waals surface area (Å²) in [5, 5.41) is 6.15. The normalized spacial score (nSPS) is 28.4. The van der Waals surface area contributed by atoms with Crippen molar-refractivity contribution in [3.63, 3.8) is 0 Å². The average Bonchev–Trinajstić information content (AvgIpc) is 3.40. The van der Waals surface area contributed by atoms with Gasteiger partial charge in [-0.2, -0.15) is 0 Å². The third-order valence-corrected chi connectivity index (χ3v) is 9.09. The molecule has 2 bridgehead atoms. The number of hydrogen-bond donors (Lipinski definition) is 2. The first kappa shape index (κ1) is 26.0. The average molecular weight is 505 g/mol. The van der Waals surface area contributed by atoms with Crippen molar-refractivity contribution in [3.8, 4) is 0 Å². The number of rotatable bonds is 8. The van der Waals surface area contributed by atoms with Crippen molar-refractivity contribution in [1.29, 1.82) is 0 Å². The van der Waals surface area contributed by atoms with E-state index >= 15 is 0 Å². The van der Waals surface area contributed by atoms with Crippen LogP contribution in [-0.2, 0) is 27.6 Å². The highest BCUT2D eigenvalue weighted by atomic mass is 16.7. The summed E-state index contributed by atoms with van der Waals surface area (Å²) in [6, 6.07) is 11.1. The number of benzene rings is 1. The molecule has 2 amide bonds. The molecule has 2 heterocycles. The first-order valence-electron chi connectivity index (χ1n) is 13.6. The van der Waals surface area contributed by atoms with Crippen molar-refractivity contribution in [1.82, 2.24) is 9.88 Å². The largest absolute Gasteiger partial charge is 0.481 e. The molecule has 3 aliphatic carbocycles. The van der Waals surface area contributed by atoms with Crippen LogP contribution >= 0.6 is 0 Å². The van der Waals surface area contributed by atoms with E-state index in [1.807, 2.05) is 43.6 Å². The molecule has 198 valence electrons. The van der Waals surface area contributed by atoms with E-state index in [0.29, 0.717) is 29.1 Å². The van der Waals surface area contributed by atoms with Crippen LogP contribution in [0.15, 0.2) is 42.6 Å². The summed E-state index contributed by atoms with van der Waals surface area (Å²) in [6.45, 7) is 11.2. The molecule has 1 aliphatic heterocycles. The van der Waals surface area contributed by atoms with Gasteiger partial charge < -0.3 is 24.5 Å². The third-order valence-electron chi connectivity index (χ3n) is 9.09. The quantitative estimate of drug-likeness (QED) is 0.513. The Morgan fingerprint density at radius 3 is 2.62 bits per heavy atom. The van der Waals surface area contributed by atoms with Crippen molar-refractivity contribution in [2.24, 2.45) is 30.2 Å². The number of aryl methyl sites for hydroxylation is 1. The highest BCUT2D eigenvalue weighted by Crippen LogP contribution is 2.65. The number of aromatic nitrogens is 1. The van der Waals surface area contributed by atoms with Crippen LogP contribution in [-0.4, -0.2) is 41.1 Å². The molecule has 37 heavy (non-hydrogen) atoms. The maximum atomic E-state index is 13.2. The van der Waals surface area contributed by atoms with E-state index in [1.54, 1.807) is 10.6 Å². The molecule has 0 radical (unpaired) electrons. The van der Waals surface area contributed by atoms with Gasteiger partial charge in [-0.05, 0) is 79.2 Å². The molecule has 6 rings (SSSR count). The molecule has 8 heteroatoms. The molecule has 7 nitrogen and oxygen atoms in total. The predicted octanol–water partition coefficient (Wildman–Crippen LogP) is 4.62. The Morgan fingerprint density at radius 1 is 1.16 bits per heavy atom. The molecule has 4 fully saturated rings. The van der Waals surface area contributed by atoms with Gasteiger partial charge in [0, 0.05) is 18.9 Å². The number of nitrogens with zero attached hydrogens (tertiary/aromatic N) is 1. The lowest BCUT2D eigenvalue weighted by Crippen LogP contribution is -2.65. The first-order chi connectivity index (χ1) is 17.5. The summed E-state index contributed by atoms with van der Waals surface area (Å²) in [4.78, 5) is 25.8. The van der Waals surface area contributed by atoms with Crippen LogP contribution in [0.2, 0.25) is 0 Å². The van der Waals surface area contributed by atoms with Crippen LogP contribution in [0.1, 0.15) is 69.9 Å². The fraction of sp³-hybridized carbons (Fsp3) is 0.586. The van der Waals surface area contributed by atoms with Crippen molar-refractivity contribution < 1.29 is 18.9 Å². The fourth-order valence-electron chi connectivity index (χ4n) is 6.91. The van der Waals surface area contributed by atoms with E-state index in [0.717, 1.165) is 18.4 Å². The number of nitrogens with one attached hydrogen (secondary N) is 2. The monoisotopic (exact) mass is 505 g/mol. The summed E-state index contributed by atoms with van der Waals surface area (Å²) in [5.41, 5.74) is 2.05. The zero-order valence-electron chi connectivity index (χ0n) is 22.9. The highest BCUT2D eigenvalue weighted by molar-refractivity contribution is 6.47. The Bertz CT molecular complexity index is 1180. The minimum Gasteiger partial charge on any atom is -0.404 e. The SMILES string of the molecule is CC(C)C[C@H](NC(=O)Cc1cccc(NC(=O)c2cccn2C)c1)B1O[C@@H]2C[C@@H]3C[C@@H](C3(C)C)[C@]2(C)O1. The van der Waals surface area contributed by atoms with Gasteiger partial charge in [0.15, 0.2) is 0 Å². The summed E-state index contributed by atoms with van der Waals surface area (Å²) >= 11 is 0. The van der Waals surface area contributed by atoms with Crippen LogP contribution < -0.4 is 10.6 Å². The summed E-state index contributed by atoms with van der Waals surface area (Å²) in [6.07, 6.45) is 5.15. The standard InChI is InChI=1S/C29H40BN3O4/c1-18(2)13-25(30-36-24-17-20-16-23(28(20,3)4)29(24,5)37-30)32-26(34)15-19-9-7-10-21(14-19)31-27(35)22-11-8-12-33(22)6/h7-12,14,18,20,23-25H,13,15-17H2,1-6H3,(H,31,35)(H,32,34)/t20-,23-,24+,25-,29-/m0/s1. The van der Waals surface area contributed by atoms with E-state index in [4.69, 9.17) is 9.31 Å². The second-order valence-electron chi connectivity index (χ2n) is 12.5. The predicted molar refractivity (Wildman–Crippen MR) is 145 cm³/mol. The second kappa shape index (κ2) is 9.62. The molecule has 1 aromatic carbocycles. The molecule has 4 aliphatic rings. The van der Waals surface area contributed by atoms with E-state index < -0.39 is 7.12 Å². The zero-order chi connectivity index (χ0) is 26.5. The van der Waals surface area contributed by atoms with Crippen molar-refractivity contribution in [3.05, 3.63) is 53.9 Å². The topological polar surface area (TPSA) is 81.6 Å². The molecular weight excluding hydrogens is 465 g/mol. The number of amides is 2. The van der Waals surface area contributed by atoms with Crippen LogP contribution in [0.4, 0.5) is 5.69 Å². The van der Waals surface area contributed by atoms with E-state index in [2.05, 4.69) is 45.3 Å². The molecule has 1 aromatic heterocycles. The second-order valence-corrected chi connectivity index (χ2v) is 12.5. The van der Waals surface area contributed by atoms with Gasteiger partial charge in [-0.15, -0.1) is 0 Å². The number of carbonyl (C=O) groups is 2. The fourth-order valence-corrected chi connectivity index (χ4v) is 6.91. The number of hydrogen-bond acceptors (Lipinski definition) is 4. The van der Waals surface area contributed by atoms with E-state index in [9.17, 15) is 9.59 Å². The lowest BCUT2D eigenvalue weighted by molar-refractivity contribution is -0.199. The maximum Gasteiger partial charge on any atom is 0.481 e. The molecule has 3 saturated carbocycles. The Kier molecular flexibility index (Phi) is 6.78. The van der Waals surface area contributed by atoms with Gasteiger partial charge in [-0.1, -0.05) is 39.8 Å². The molecule has 1 saturated heterocycles. The van der Waals surface area contributed by atoms with Gasteiger partial charge in [0.2, 0.25) is 5.91 Å². The van der Waals surface area contributed by atoms with Crippen LogP contribution in [0.3, 0.4) is 0 Å². The van der Waals surface area contributed by atoms with Crippen LogP contribution in [0.5, 0.6) is 0 Å². The first-order valence-corrected chi connectivity index (χ1v) is 13.6. The van der Waals surface area contributed by atoms with E-state index in [1.165, 1.54) is 6.42 Å². The smallest absolute Gasteiger partial charge is 0.404 e. The molecule has 2 N–H and O–H groups in total. The van der Waals surface area contributed by atoms with Gasteiger partial charge in [-0.25, -0.2) is 0 Å². The Morgan fingerprint density at radius 2 is 1.95 bits per heavy atom. The van der Waals surface area contributed by atoms with Gasteiger partial charge >= 0.3 is 7.12 Å². The molecule has 5 atom stereocenters. The maximum absolute atomic E-state index is 13.2. The number of carbonyl (C=O) groups excluding carboxylic acids is 2. The van der Waals surface area contributed by atoms with E-state index in [-0.39, 0.29) is 41.3 Å². The Balaban J connectivity index is 1.23. The van der Waals surface area contributed by atoms with Crippen molar-refractivity contribution in [2.75, 3.05) is 5.32 Å². The third kappa shape index (κ3) is 4.86. The van der Waals surface area contributed by atoms with Crippen molar-refractivity contribution >= 4 is 24.6 Å². The van der Waals surface area contributed by atoms with Gasteiger partial charge in [0.25, 0.3) is 5.91 Å². The Hall–Kier alpha value is -2.58. The lowest BCUT2D eigenvalue weighted by atomic mass is 9.43. The van der Waals surface area contributed by atoms with Gasteiger partial charge in [0.05, 0.1) is 24.1 Å². The summed E-state index contributed by atoms with van der Waals surface area (Å²) in [5.74, 6) is 1.08. The van der Waals surface area contributed by atoms with Crippen molar-refractivity contribution in [2.45, 2.75) is 77.9 Å². The zero-order valence-corrected chi connectivity index (χ0v) is 22.9. The molecular formula is C29H40BN3O4. The van der Waals surface area contributed by atoms with Crippen LogP contribution in [0, 0.1) is 23.2 Å². The lowest BCUT2D eigenvalue weighted by Gasteiger charge is -2.64. The molecule has 0 unspecified atom stereocenters. The molecule has 0 spiro atoms. The summed E-state index contributed by atoms with van der Waals surface area (Å²) < 4.78 is 14.9. The minimum atomic E-state index is -0.438. The highest BCUT2D eigenvalue weighted by Gasteiger charge is 2.68.